The van der Waals surface area contributed by atoms with Crippen LogP contribution in [0, 0.1) is 5.92 Å². The van der Waals surface area contributed by atoms with Crippen LogP contribution in [0.25, 0.3) is 0 Å². The van der Waals surface area contributed by atoms with E-state index in [1.165, 1.54) is 4.90 Å². The van der Waals surface area contributed by atoms with Gasteiger partial charge < -0.3 is 19.9 Å². The normalized spacial score (nSPS) is 16.0. The van der Waals surface area contributed by atoms with E-state index in [2.05, 4.69) is 5.32 Å². The van der Waals surface area contributed by atoms with Crippen molar-refractivity contribution in [1.82, 2.24) is 4.90 Å². The zero-order valence-electron chi connectivity index (χ0n) is 16.1. The van der Waals surface area contributed by atoms with Gasteiger partial charge in [0.25, 0.3) is 5.91 Å². The van der Waals surface area contributed by atoms with E-state index in [1.54, 1.807) is 74.6 Å². The third-order valence-electron chi connectivity index (χ3n) is 4.70. The first-order chi connectivity index (χ1) is 13.4. The largest absolute Gasteiger partial charge is 0.497 e. The van der Waals surface area contributed by atoms with Crippen molar-refractivity contribution in [3.05, 3.63) is 54.1 Å². The predicted molar refractivity (Wildman–Crippen MR) is 107 cm³/mol. The van der Waals surface area contributed by atoms with Crippen molar-refractivity contribution in [3.8, 4) is 5.75 Å². The lowest BCUT2D eigenvalue weighted by Gasteiger charge is -2.18. The van der Waals surface area contributed by atoms with Gasteiger partial charge in [-0.2, -0.15) is 0 Å². The molecule has 2 aromatic carbocycles. The molecule has 0 radical (unpaired) electrons. The highest BCUT2D eigenvalue weighted by Crippen LogP contribution is 2.28. The number of benzene rings is 2. The summed E-state index contributed by atoms with van der Waals surface area (Å²) in [7, 11) is 4.89. The third kappa shape index (κ3) is 3.98. The molecule has 146 valence electrons. The number of nitrogens with one attached hydrogen (secondary N) is 1. The van der Waals surface area contributed by atoms with E-state index in [4.69, 9.17) is 4.74 Å². The molecule has 0 aromatic heterocycles. The standard InChI is InChI=1S/C21H23N3O4/c1-23(2)21(27)17-6-4-5-7-18(17)22-20(26)14-12-19(25)24(13-14)15-8-10-16(28-3)11-9-15/h4-11,14H,12-13H2,1-3H3,(H,22,26). The SMILES string of the molecule is COc1ccc(N2CC(C(=O)Nc3ccccc3C(=O)N(C)C)CC2=O)cc1. The number of methoxy groups -OCH3 is 1. The minimum absolute atomic E-state index is 0.108. The molecule has 0 bridgehead atoms. The maximum Gasteiger partial charge on any atom is 0.255 e. The molecule has 7 nitrogen and oxygen atoms in total. The molecule has 1 fully saturated rings. The highest BCUT2D eigenvalue weighted by atomic mass is 16.5. The van der Waals surface area contributed by atoms with E-state index in [1.807, 2.05) is 0 Å². The number of carbonyl (C=O) groups is 3. The van der Waals surface area contributed by atoms with Crippen molar-refractivity contribution >= 4 is 29.1 Å². The van der Waals surface area contributed by atoms with Gasteiger partial charge in [-0.25, -0.2) is 0 Å². The Balaban J connectivity index is 1.72. The fourth-order valence-electron chi connectivity index (χ4n) is 3.15. The fourth-order valence-corrected chi connectivity index (χ4v) is 3.15. The highest BCUT2D eigenvalue weighted by molar-refractivity contribution is 6.07. The number of para-hydroxylation sites is 1. The smallest absolute Gasteiger partial charge is 0.255 e. The van der Waals surface area contributed by atoms with Gasteiger partial charge >= 0.3 is 0 Å². The van der Waals surface area contributed by atoms with Gasteiger partial charge in [-0.05, 0) is 36.4 Å². The first kappa shape index (κ1) is 19.4. The van der Waals surface area contributed by atoms with Gasteiger partial charge in [0.15, 0.2) is 0 Å². The summed E-state index contributed by atoms with van der Waals surface area (Å²) in [5, 5.41) is 2.81. The Morgan fingerprint density at radius 2 is 1.79 bits per heavy atom. The average Bonchev–Trinajstić information content (AvgIpc) is 3.09. The van der Waals surface area contributed by atoms with Crippen LogP contribution < -0.4 is 15.0 Å². The Morgan fingerprint density at radius 3 is 2.43 bits per heavy atom. The van der Waals surface area contributed by atoms with E-state index in [0.717, 1.165) is 5.69 Å². The molecule has 1 aliphatic heterocycles. The Labute approximate surface area is 163 Å². The summed E-state index contributed by atoms with van der Waals surface area (Å²) in [4.78, 5) is 40.5. The van der Waals surface area contributed by atoms with Crippen molar-refractivity contribution in [2.45, 2.75) is 6.42 Å². The molecule has 1 saturated heterocycles. The van der Waals surface area contributed by atoms with Gasteiger partial charge in [0.05, 0.1) is 24.3 Å². The summed E-state index contributed by atoms with van der Waals surface area (Å²) < 4.78 is 5.13. The number of hydrogen-bond donors (Lipinski definition) is 1. The number of ether oxygens (including phenoxy) is 1. The molecule has 1 atom stereocenters. The molecule has 3 rings (SSSR count). The van der Waals surface area contributed by atoms with E-state index in [0.29, 0.717) is 23.5 Å². The average molecular weight is 381 g/mol. The van der Waals surface area contributed by atoms with Crippen molar-refractivity contribution in [2.24, 2.45) is 5.92 Å². The first-order valence-corrected chi connectivity index (χ1v) is 8.96. The molecule has 1 aliphatic rings. The molecule has 0 aliphatic carbocycles. The summed E-state index contributed by atoms with van der Waals surface area (Å²) in [5.74, 6) is -0.367. The molecule has 0 saturated carbocycles. The molecule has 1 N–H and O–H groups in total. The minimum Gasteiger partial charge on any atom is -0.497 e. The van der Waals surface area contributed by atoms with Gasteiger partial charge in [-0.1, -0.05) is 12.1 Å². The summed E-state index contributed by atoms with van der Waals surface area (Å²) >= 11 is 0. The molecule has 1 unspecified atom stereocenters. The van der Waals surface area contributed by atoms with Crippen LogP contribution in [-0.2, 0) is 9.59 Å². The molecule has 7 heteroatoms. The second-order valence-electron chi connectivity index (χ2n) is 6.84. The maximum atomic E-state index is 12.7. The molecule has 2 aromatic rings. The summed E-state index contributed by atoms with van der Waals surface area (Å²) in [6, 6.07) is 14.0. The van der Waals surface area contributed by atoms with Crippen LogP contribution in [0.4, 0.5) is 11.4 Å². The van der Waals surface area contributed by atoms with Crippen molar-refractivity contribution in [1.29, 1.82) is 0 Å². The van der Waals surface area contributed by atoms with Crippen molar-refractivity contribution in [2.75, 3.05) is 38.0 Å². The van der Waals surface area contributed by atoms with Crippen LogP contribution in [-0.4, -0.2) is 50.4 Å². The molecular weight excluding hydrogens is 358 g/mol. The molecule has 1 heterocycles. The van der Waals surface area contributed by atoms with Gasteiger partial charge in [-0.15, -0.1) is 0 Å². The fraction of sp³-hybridized carbons (Fsp3) is 0.286. The van der Waals surface area contributed by atoms with E-state index < -0.39 is 5.92 Å². The first-order valence-electron chi connectivity index (χ1n) is 8.96. The number of amides is 3. The lowest BCUT2D eigenvalue weighted by atomic mass is 10.1. The van der Waals surface area contributed by atoms with Crippen LogP contribution in [0.5, 0.6) is 5.75 Å². The third-order valence-corrected chi connectivity index (χ3v) is 4.70. The van der Waals surface area contributed by atoms with Crippen LogP contribution in [0.2, 0.25) is 0 Å². The van der Waals surface area contributed by atoms with Crippen LogP contribution >= 0.6 is 0 Å². The van der Waals surface area contributed by atoms with Gasteiger partial charge in [-0.3, -0.25) is 14.4 Å². The van der Waals surface area contributed by atoms with Crippen LogP contribution in [0.3, 0.4) is 0 Å². The second-order valence-corrected chi connectivity index (χ2v) is 6.84. The van der Waals surface area contributed by atoms with Gasteiger partial charge in [0.2, 0.25) is 11.8 Å². The second kappa shape index (κ2) is 8.12. The minimum atomic E-state index is -0.489. The number of anilines is 2. The van der Waals surface area contributed by atoms with E-state index in [9.17, 15) is 14.4 Å². The Morgan fingerprint density at radius 1 is 1.11 bits per heavy atom. The van der Waals surface area contributed by atoms with Gasteiger partial charge in [0, 0.05) is 32.7 Å². The van der Waals surface area contributed by atoms with E-state index in [-0.39, 0.29) is 24.1 Å². The monoisotopic (exact) mass is 381 g/mol. The maximum absolute atomic E-state index is 12.7. The van der Waals surface area contributed by atoms with Crippen molar-refractivity contribution < 1.29 is 19.1 Å². The summed E-state index contributed by atoms with van der Waals surface area (Å²) in [5.41, 5.74) is 1.59. The molecule has 3 amide bonds. The zero-order chi connectivity index (χ0) is 20.3. The number of carbonyl (C=O) groups excluding carboxylic acids is 3. The number of rotatable bonds is 5. The number of hydrogen-bond acceptors (Lipinski definition) is 4. The topological polar surface area (TPSA) is 79.0 Å². The molecular formula is C21H23N3O4. The zero-order valence-corrected chi connectivity index (χ0v) is 16.1. The summed E-state index contributed by atoms with van der Waals surface area (Å²) in [6.45, 7) is 0.292. The van der Waals surface area contributed by atoms with Crippen LogP contribution in [0.15, 0.2) is 48.5 Å². The summed E-state index contributed by atoms with van der Waals surface area (Å²) in [6.07, 6.45) is 0.127. The Kier molecular flexibility index (Phi) is 5.63. The predicted octanol–water partition coefficient (Wildman–Crippen LogP) is 2.39. The van der Waals surface area contributed by atoms with Gasteiger partial charge in [0.1, 0.15) is 5.75 Å². The number of nitrogens with zero attached hydrogens (tertiary/aromatic N) is 2. The quantitative estimate of drug-likeness (QED) is 0.863. The lowest BCUT2D eigenvalue weighted by Crippen LogP contribution is -2.29. The van der Waals surface area contributed by atoms with Crippen molar-refractivity contribution in [3.63, 3.8) is 0 Å². The molecule has 0 spiro atoms. The Hall–Kier alpha value is -3.35. The van der Waals surface area contributed by atoms with E-state index >= 15 is 0 Å². The highest BCUT2D eigenvalue weighted by Gasteiger charge is 2.35. The Bertz CT molecular complexity index is 893. The van der Waals surface area contributed by atoms with Crippen LogP contribution in [0.1, 0.15) is 16.8 Å². The molecule has 28 heavy (non-hydrogen) atoms. The lowest BCUT2D eigenvalue weighted by molar-refractivity contribution is -0.122.